The molecule has 2 aromatic heterocycles. The molecule has 1 N–H and O–H groups in total. The zero-order chi connectivity index (χ0) is 20.1. The summed E-state index contributed by atoms with van der Waals surface area (Å²) in [6.45, 7) is 0. The van der Waals surface area contributed by atoms with Crippen LogP contribution in [0.25, 0.3) is 28.0 Å². The monoisotopic (exact) mass is 417 g/mol. The number of benzene rings is 2. The Balaban J connectivity index is 1.47. The van der Waals surface area contributed by atoms with Gasteiger partial charge in [0, 0.05) is 33.9 Å². The molecule has 0 bridgehead atoms. The molecule has 1 amide bonds. The van der Waals surface area contributed by atoms with Crippen molar-refractivity contribution in [1.82, 2.24) is 9.97 Å². The minimum atomic E-state index is -0.204. The minimum absolute atomic E-state index is 0.204. The van der Waals surface area contributed by atoms with Crippen LogP contribution in [0.15, 0.2) is 84.4 Å². The second kappa shape index (κ2) is 8.82. The van der Waals surface area contributed by atoms with E-state index in [1.54, 1.807) is 35.7 Å². The summed E-state index contributed by atoms with van der Waals surface area (Å²) >= 11 is 7.41. The first-order valence-electron chi connectivity index (χ1n) is 8.89. The van der Waals surface area contributed by atoms with Crippen molar-refractivity contribution in [2.45, 2.75) is 0 Å². The Bertz CT molecular complexity index is 1150. The lowest BCUT2D eigenvalue weighted by molar-refractivity contribution is -0.111. The first-order valence-corrected chi connectivity index (χ1v) is 10.2. The summed E-state index contributed by atoms with van der Waals surface area (Å²) in [4.78, 5) is 21.3. The molecule has 0 radical (unpaired) electrons. The third kappa shape index (κ3) is 4.96. The van der Waals surface area contributed by atoms with Crippen molar-refractivity contribution in [3.05, 3.63) is 95.0 Å². The van der Waals surface area contributed by atoms with Gasteiger partial charge in [0.25, 0.3) is 0 Å². The van der Waals surface area contributed by atoms with Crippen LogP contribution in [-0.4, -0.2) is 15.9 Å². The van der Waals surface area contributed by atoms with Crippen molar-refractivity contribution in [3.8, 4) is 22.0 Å². The van der Waals surface area contributed by atoms with Crippen LogP contribution in [0.1, 0.15) is 5.56 Å². The van der Waals surface area contributed by atoms with Gasteiger partial charge < -0.3 is 5.32 Å². The molecule has 0 aliphatic rings. The fraction of sp³-hybridized carbons (Fsp3) is 0. The van der Waals surface area contributed by atoms with E-state index in [4.69, 9.17) is 11.6 Å². The van der Waals surface area contributed by atoms with E-state index in [0.717, 1.165) is 27.5 Å². The van der Waals surface area contributed by atoms with Gasteiger partial charge in [-0.3, -0.25) is 9.78 Å². The average molecular weight is 418 g/mol. The minimum Gasteiger partial charge on any atom is -0.322 e. The Kier molecular flexibility index (Phi) is 5.79. The maximum absolute atomic E-state index is 12.2. The van der Waals surface area contributed by atoms with Gasteiger partial charge in [0.05, 0.1) is 11.4 Å². The number of carbonyl (C=O) groups excluding carboxylic acids is 1. The molecule has 142 valence electrons. The molecule has 4 nitrogen and oxygen atoms in total. The molecule has 0 atom stereocenters. The van der Waals surface area contributed by atoms with E-state index in [9.17, 15) is 4.79 Å². The van der Waals surface area contributed by atoms with Crippen LogP contribution in [0.5, 0.6) is 0 Å². The summed E-state index contributed by atoms with van der Waals surface area (Å²) in [5, 5.41) is 6.40. The number of amides is 1. The van der Waals surface area contributed by atoms with Gasteiger partial charge >= 0.3 is 0 Å². The highest BCUT2D eigenvalue weighted by Gasteiger charge is 2.08. The molecule has 6 heteroatoms. The molecule has 0 saturated carbocycles. The van der Waals surface area contributed by atoms with Crippen LogP contribution >= 0.6 is 22.9 Å². The molecular weight excluding hydrogens is 402 g/mol. The van der Waals surface area contributed by atoms with E-state index in [-0.39, 0.29) is 5.91 Å². The first kappa shape index (κ1) is 19.1. The lowest BCUT2D eigenvalue weighted by atomic mass is 10.1. The van der Waals surface area contributed by atoms with Gasteiger partial charge in [0.1, 0.15) is 5.01 Å². The van der Waals surface area contributed by atoms with Gasteiger partial charge in [-0.25, -0.2) is 4.98 Å². The number of rotatable bonds is 5. The number of halogens is 1. The molecule has 2 heterocycles. The quantitative estimate of drug-likeness (QED) is 0.394. The number of pyridine rings is 1. The second-order valence-corrected chi connectivity index (χ2v) is 7.50. The number of aromatic nitrogens is 2. The van der Waals surface area contributed by atoms with E-state index in [2.05, 4.69) is 15.3 Å². The summed E-state index contributed by atoms with van der Waals surface area (Å²) in [5.41, 5.74) is 4.25. The van der Waals surface area contributed by atoms with Crippen LogP contribution in [0.2, 0.25) is 5.02 Å². The highest BCUT2D eigenvalue weighted by atomic mass is 35.5. The molecule has 0 fully saturated rings. The Morgan fingerprint density at radius 2 is 1.86 bits per heavy atom. The van der Waals surface area contributed by atoms with Crippen molar-refractivity contribution >= 4 is 40.6 Å². The predicted octanol–water partition coefficient (Wildman–Crippen LogP) is 6.18. The number of thiazole rings is 1. The zero-order valence-electron chi connectivity index (χ0n) is 15.2. The molecule has 0 aliphatic carbocycles. The molecule has 4 rings (SSSR count). The number of hydrogen-bond acceptors (Lipinski definition) is 4. The van der Waals surface area contributed by atoms with E-state index < -0.39 is 0 Å². The Labute approximate surface area is 177 Å². The number of hydrogen-bond donors (Lipinski definition) is 1. The topological polar surface area (TPSA) is 54.9 Å². The summed E-state index contributed by atoms with van der Waals surface area (Å²) < 4.78 is 0. The SMILES string of the molecule is O=C(/C=C/c1ccc(Cl)cc1)Nc1cccc(-c2csc(-c3ccccn3)n2)c1. The summed E-state index contributed by atoms with van der Waals surface area (Å²) in [7, 11) is 0. The largest absolute Gasteiger partial charge is 0.322 e. The molecule has 0 unspecified atom stereocenters. The molecule has 0 saturated heterocycles. The molecule has 4 aromatic rings. The van der Waals surface area contributed by atoms with Gasteiger partial charge in [-0.1, -0.05) is 41.9 Å². The highest BCUT2D eigenvalue weighted by Crippen LogP contribution is 2.29. The summed E-state index contributed by atoms with van der Waals surface area (Å²) in [6.07, 6.45) is 5.00. The van der Waals surface area contributed by atoms with Gasteiger partial charge in [-0.05, 0) is 48.0 Å². The summed E-state index contributed by atoms with van der Waals surface area (Å²) in [5.74, 6) is -0.204. The van der Waals surface area contributed by atoms with E-state index in [1.165, 1.54) is 6.08 Å². The van der Waals surface area contributed by atoms with Crippen molar-refractivity contribution in [2.75, 3.05) is 5.32 Å². The van der Waals surface area contributed by atoms with Gasteiger partial charge in [0.2, 0.25) is 5.91 Å². The Morgan fingerprint density at radius 1 is 1.00 bits per heavy atom. The molecule has 0 spiro atoms. The third-order valence-corrected chi connectivity index (χ3v) is 5.23. The average Bonchev–Trinajstić information content (AvgIpc) is 3.25. The van der Waals surface area contributed by atoms with Crippen molar-refractivity contribution in [3.63, 3.8) is 0 Å². The van der Waals surface area contributed by atoms with Crippen LogP contribution in [-0.2, 0) is 4.79 Å². The normalized spacial score (nSPS) is 10.9. The smallest absolute Gasteiger partial charge is 0.248 e. The third-order valence-electron chi connectivity index (χ3n) is 4.11. The summed E-state index contributed by atoms with van der Waals surface area (Å²) in [6, 6.07) is 20.7. The van der Waals surface area contributed by atoms with E-state index >= 15 is 0 Å². The molecular formula is C23H16ClN3OS. The van der Waals surface area contributed by atoms with Crippen LogP contribution in [0.3, 0.4) is 0 Å². The van der Waals surface area contributed by atoms with E-state index in [1.807, 2.05) is 60.0 Å². The van der Waals surface area contributed by atoms with Crippen LogP contribution in [0.4, 0.5) is 5.69 Å². The first-order chi connectivity index (χ1) is 14.2. The maximum atomic E-state index is 12.2. The van der Waals surface area contributed by atoms with Crippen LogP contribution in [0, 0.1) is 0 Å². The number of nitrogens with one attached hydrogen (secondary N) is 1. The lowest BCUT2D eigenvalue weighted by Gasteiger charge is -2.04. The molecule has 29 heavy (non-hydrogen) atoms. The number of anilines is 1. The fourth-order valence-electron chi connectivity index (χ4n) is 2.70. The lowest BCUT2D eigenvalue weighted by Crippen LogP contribution is -2.07. The van der Waals surface area contributed by atoms with E-state index in [0.29, 0.717) is 10.7 Å². The maximum Gasteiger partial charge on any atom is 0.248 e. The zero-order valence-corrected chi connectivity index (χ0v) is 16.8. The number of carbonyl (C=O) groups is 1. The van der Waals surface area contributed by atoms with Gasteiger partial charge in [0.15, 0.2) is 0 Å². The second-order valence-electron chi connectivity index (χ2n) is 6.21. The number of nitrogens with zero attached hydrogens (tertiary/aromatic N) is 2. The van der Waals surface area contributed by atoms with Crippen LogP contribution < -0.4 is 5.32 Å². The van der Waals surface area contributed by atoms with Gasteiger partial charge in [-0.2, -0.15) is 0 Å². The highest BCUT2D eigenvalue weighted by molar-refractivity contribution is 7.13. The standard InChI is InChI=1S/C23H16ClN3OS/c24-18-10-7-16(8-11-18)9-12-22(28)26-19-5-3-4-17(14-19)21-15-29-23(27-21)20-6-1-2-13-25-20/h1-15H,(H,26,28)/b12-9+. The van der Waals surface area contributed by atoms with Crippen molar-refractivity contribution in [1.29, 1.82) is 0 Å². The molecule has 0 aliphatic heterocycles. The fourth-order valence-corrected chi connectivity index (χ4v) is 3.63. The van der Waals surface area contributed by atoms with Gasteiger partial charge in [-0.15, -0.1) is 11.3 Å². The van der Waals surface area contributed by atoms with Crippen molar-refractivity contribution in [2.24, 2.45) is 0 Å². The predicted molar refractivity (Wildman–Crippen MR) is 120 cm³/mol. The Morgan fingerprint density at radius 3 is 2.66 bits per heavy atom. The molecule has 2 aromatic carbocycles. The van der Waals surface area contributed by atoms with Crippen molar-refractivity contribution < 1.29 is 4.79 Å². The Hall–Kier alpha value is -3.28.